The molecule has 27 heavy (non-hydrogen) atoms. The van der Waals surface area contributed by atoms with Gasteiger partial charge in [0.25, 0.3) is 0 Å². The van der Waals surface area contributed by atoms with Crippen molar-refractivity contribution in [2.45, 2.75) is 32.5 Å². The second kappa shape index (κ2) is 9.37. The zero-order valence-corrected chi connectivity index (χ0v) is 15.8. The van der Waals surface area contributed by atoms with Crippen LogP contribution in [0.4, 0.5) is 4.39 Å². The lowest BCUT2D eigenvalue weighted by Gasteiger charge is -2.18. The highest BCUT2D eigenvalue weighted by molar-refractivity contribution is 5.79. The molecular formula is C21H26FN3O2. The van der Waals surface area contributed by atoms with E-state index in [1.54, 1.807) is 19.2 Å². The smallest absolute Gasteiger partial charge is 0.191 e. The highest BCUT2D eigenvalue weighted by Crippen LogP contribution is 2.23. The predicted molar refractivity (Wildman–Crippen MR) is 104 cm³/mol. The molecule has 0 saturated carbocycles. The zero-order valence-electron chi connectivity index (χ0n) is 15.8. The molecule has 0 aromatic heterocycles. The van der Waals surface area contributed by atoms with Crippen LogP contribution >= 0.6 is 0 Å². The van der Waals surface area contributed by atoms with Crippen LogP contribution in [0.15, 0.2) is 47.5 Å². The summed E-state index contributed by atoms with van der Waals surface area (Å²) in [6.45, 7) is 4.34. The van der Waals surface area contributed by atoms with Crippen molar-refractivity contribution in [3.05, 3.63) is 65.0 Å². The van der Waals surface area contributed by atoms with Crippen molar-refractivity contribution in [1.29, 1.82) is 0 Å². The average molecular weight is 371 g/mol. The van der Waals surface area contributed by atoms with Gasteiger partial charge in [0, 0.05) is 37.7 Å². The number of hydrogen-bond acceptors (Lipinski definition) is 3. The fraction of sp³-hybridized carbons (Fsp3) is 0.381. The third-order valence-electron chi connectivity index (χ3n) is 4.48. The van der Waals surface area contributed by atoms with Gasteiger partial charge in [-0.25, -0.2) is 4.39 Å². The first-order valence-corrected chi connectivity index (χ1v) is 9.17. The van der Waals surface area contributed by atoms with E-state index in [1.807, 2.05) is 19.1 Å². The maximum atomic E-state index is 13.8. The van der Waals surface area contributed by atoms with Crippen LogP contribution in [0.25, 0.3) is 0 Å². The minimum Gasteiger partial charge on any atom is -0.488 e. The van der Waals surface area contributed by atoms with Gasteiger partial charge in [0.05, 0.1) is 13.2 Å². The number of nitrogens with zero attached hydrogens (tertiary/aromatic N) is 1. The molecule has 1 unspecified atom stereocenters. The van der Waals surface area contributed by atoms with Crippen molar-refractivity contribution in [2.75, 3.05) is 20.3 Å². The SMILES string of the molecule is CN=C(NCc1ccccc1F)NCc1ccc(C)cc1OC1CCOC1. The highest BCUT2D eigenvalue weighted by atomic mass is 19.1. The van der Waals surface area contributed by atoms with Gasteiger partial charge in [-0.2, -0.15) is 0 Å². The highest BCUT2D eigenvalue weighted by Gasteiger charge is 2.18. The van der Waals surface area contributed by atoms with E-state index in [-0.39, 0.29) is 11.9 Å². The lowest BCUT2D eigenvalue weighted by atomic mass is 10.1. The Kier molecular flexibility index (Phi) is 6.65. The molecule has 1 atom stereocenters. The minimum absolute atomic E-state index is 0.101. The maximum absolute atomic E-state index is 13.8. The average Bonchev–Trinajstić information content (AvgIpc) is 3.17. The van der Waals surface area contributed by atoms with Crippen LogP contribution in [0, 0.1) is 12.7 Å². The van der Waals surface area contributed by atoms with Crippen molar-refractivity contribution in [3.63, 3.8) is 0 Å². The molecule has 2 aromatic rings. The molecular weight excluding hydrogens is 345 g/mol. The maximum Gasteiger partial charge on any atom is 0.191 e. The number of rotatable bonds is 6. The molecule has 0 radical (unpaired) electrons. The van der Waals surface area contributed by atoms with Crippen molar-refractivity contribution in [2.24, 2.45) is 4.99 Å². The largest absolute Gasteiger partial charge is 0.488 e. The third-order valence-corrected chi connectivity index (χ3v) is 4.48. The van der Waals surface area contributed by atoms with Crippen LogP contribution in [0.1, 0.15) is 23.1 Å². The summed E-state index contributed by atoms with van der Waals surface area (Å²) in [6, 6.07) is 12.9. The number of nitrogens with one attached hydrogen (secondary N) is 2. The van der Waals surface area contributed by atoms with Gasteiger partial charge >= 0.3 is 0 Å². The first kappa shape index (κ1) is 19.2. The summed E-state index contributed by atoms with van der Waals surface area (Å²) in [5, 5.41) is 6.40. The van der Waals surface area contributed by atoms with Gasteiger partial charge in [0.1, 0.15) is 17.7 Å². The third kappa shape index (κ3) is 5.44. The van der Waals surface area contributed by atoms with Gasteiger partial charge in [0.2, 0.25) is 0 Å². The summed E-state index contributed by atoms with van der Waals surface area (Å²) in [7, 11) is 1.69. The Bertz CT molecular complexity index is 789. The van der Waals surface area contributed by atoms with E-state index in [4.69, 9.17) is 9.47 Å². The van der Waals surface area contributed by atoms with E-state index in [2.05, 4.69) is 27.8 Å². The number of benzene rings is 2. The van der Waals surface area contributed by atoms with Gasteiger partial charge in [-0.15, -0.1) is 0 Å². The van der Waals surface area contributed by atoms with Crippen LogP contribution < -0.4 is 15.4 Å². The monoisotopic (exact) mass is 371 g/mol. The molecule has 2 aromatic carbocycles. The van der Waals surface area contributed by atoms with Crippen molar-refractivity contribution in [3.8, 4) is 5.75 Å². The summed E-state index contributed by atoms with van der Waals surface area (Å²) in [5.74, 6) is 1.24. The topological polar surface area (TPSA) is 54.9 Å². The van der Waals surface area contributed by atoms with E-state index in [0.29, 0.717) is 31.2 Å². The fourth-order valence-corrected chi connectivity index (χ4v) is 2.92. The van der Waals surface area contributed by atoms with Gasteiger partial charge in [-0.1, -0.05) is 30.3 Å². The molecule has 1 aliphatic heterocycles. The second-order valence-electron chi connectivity index (χ2n) is 6.59. The summed E-state index contributed by atoms with van der Waals surface area (Å²) >= 11 is 0. The predicted octanol–water partition coefficient (Wildman–Crippen LogP) is 3.17. The molecule has 6 heteroatoms. The molecule has 144 valence electrons. The first-order valence-electron chi connectivity index (χ1n) is 9.17. The van der Waals surface area contributed by atoms with Gasteiger partial charge in [0.15, 0.2) is 5.96 Å². The van der Waals surface area contributed by atoms with E-state index in [0.717, 1.165) is 29.9 Å². The molecule has 1 fully saturated rings. The summed E-state index contributed by atoms with van der Waals surface area (Å²) in [6.07, 6.45) is 1.01. The number of aliphatic imine (C=N–C) groups is 1. The standard InChI is InChI=1S/C21H26FN3O2/c1-15-7-8-17(20(11-15)27-18-9-10-26-14-18)13-25-21(23-2)24-12-16-5-3-4-6-19(16)22/h3-8,11,18H,9-10,12-14H2,1-2H3,(H2,23,24,25). The minimum atomic E-state index is -0.228. The Morgan fingerprint density at radius 3 is 2.67 bits per heavy atom. The van der Waals surface area contributed by atoms with Crippen LogP contribution in [0.2, 0.25) is 0 Å². The van der Waals surface area contributed by atoms with E-state index in [1.165, 1.54) is 6.07 Å². The Labute approximate surface area is 159 Å². The Morgan fingerprint density at radius 2 is 1.96 bits per heavy atom. The molecule has 1 aliphatic rings. The van der Waals surface area contributed by atoms with Crippen molar-refractivity contribution >= 4 is 5.96 Å². The number of aryl methyl sites for hydroxylation is 1. The van der Waals surface area contributed by atoms with E-state index < -0.39 is 0 Å². The molecule has 0 bridgehead atoms. The number of halogens is 1. The van der Waals surface area contributed by atoms with Gasteiger partial charge in [-0.3, -0.25) is 4.99 Å². The zero-order chi connectivity index (χ0) is 19.1. The fourth-order valence-electron chi connectivity index (χ4n) is 2.92. The Balaban J connectivity index is 1.60. The molecule has 0 amide bonds. The van der Waals surface area contributed by atoms with Gasteiger partial charge < -0.3 is 20.1 Å². The molecule has 0 aliphatic carbocycles. The van der Waals surface area contributed by atoms with Crippen molar-refractivity contribution in [1.82, 2.24) is 10.6 Å². The Morgan fingerprint density at radius 1 is 1.19 bits per heavy atom. The molecule has 5 nitrogen and oxygen atoms in total. The van der Waals surface area contributed by atoms with Gasteiger partial charge in [-0.05, 0) is 24.6 Å². The first-order chi connectivity index (χ1) is 13.2. The summed E-state index contributed by atoms with van der Waals surface area (Å²) in [4.78, 5) is 4.21. The second-order valence-corrected chi connectivity index (χ2v) is 6.59. The van der Waals surface area contributed by atoms with Crippen LogP contribution in [0.5, 0.6) is 5.75 Å². The lowest BCUT2D eigenvalue weighted by molar-refractivity contribution is 0.140. The van der Waals surface area contributed by atoms with Crippen LogP contribution in [0.3, 0.4) is 0 Å². The van der Waals surface area contributed by atoms with Crippen molar-refractivity contribution < 1.29 is 13.9 Å². The molecule has 1 heterocycles. The number of guanidine groups is 1. The van der Waals surface area contributed by atoms with E-state index in [9.17, 15) is 4.39 Å². The molecule has 0 spiro atoms. The normalized spacial score (nSPS) is 17.0. The quantitative estimate of drug-likeness (QED) is 0.605. The molecule has 1 saturated heterocycles. The van der Waals surface area contributed by atoms with E-state index >= 15 is 0 Å². The number of ether oxygens (including phenoxy) is 2. The van der Waals surface area contributed by atoms with Crippen LogP contribution in [-0.2, 0) is 17.8 Å². The van der Waals surface area contributed by atoms with Crippen LogP contribution in [-0.4, -0.2) is 32.3 Å². The molecule has 2 N–H and O–H groups in total. The Hall–Kier alpha value is -2.60. The molecule has 3 rings (SSSR count). The summed E-state index contributed by atoms with van der Waals surface area (Å²) < 4.78 is 25.3. The number of hydrogen-bond donors (Lipinski definition) is 2. The summed E-state index contributed by atoms with van der Waals surface area (Å²) in [5.41, 5.74) is 2.79. The lowest BCUT2D eigenvalue weighted by Crippen LogP contribution is -2.36.